The fourth-order valence-electron chi connectivity index (χ4n) is 1.96. The van der Waals surface area contributed by atoms with Crippen LogP contribution in [0, 0.1) is 4.64 Å². The summed E-state index contributed by atoms with van der Waals surface area (Å²) in [6.45, 7) is 4.43. The second-order valence-electron chi connectivity index (χ2n) is 4.16. The molecular formula is C11H18N2S. The van der Waals surface area contributed by atoms with Crippen LogP contribution in [0.5, 0.6) is 0 Å². The second kappa shape index (κ2) is 3.89. The van der Waals surface area contributed by atoms with Crippen LogP contribution in [0.2, 0.25) is 0 Å². The summed E-state index contributed by atoms with van der Waals surface area (Å²) >= 11 is 5.36. The molecular weight excluding hydrogens is 192 g/mol. The van der Waals surface area contributed by atoms with Crippen molar-refractivity contribution in [3.05, 3.63) is 16.4 Å². The van der Waals surface area contributed by atoms with Gasteiger partial charge in [0.15, 0.2) is 0 Å². The molecule has 0 amide bonds. The topological polar surface area (TPSA) is 20.7 Å². The molecule has 1 heterocycles. The fourth-order valence-corrected chi connectivity index (χ4v) is 2.28. The number of nitrogens with zero attached hydrogens (tertiary/aromatic N) is 1. The smallest absolute Gasteiger partial charge is 0.122 e. The van der Waals surface area contributed by atoms with Crippen molar-refractivity contribution in [1.29, 1.82) is 0 Å². The van der Waals surface area contributed by atoms with E-state index in [9.17, 15) is 0 Å². The van der Waals surface area contributed by atoms with Gasteiger partial charge in [-0.3, -0.25) is 4.68 Å². The zero-order valence-electron chi connectivity index (χ0n) is 8.92. The number of nitrogens with one attached hydrogen (secondary N) is 1. The first-order valence-electron chi connectivity index (χ1n) is 5.57. The van der Waals surface area contributed by atoms with Crippen LogP contribution in [-0.4, -0.2) is 9.78 Å². The van der Waals surface area contributed by atoms with Crippen LogP contribution in [0.3, 0.4) is 0 Å². The lowest BCUT2D eigenvalue weighted by Gasteiger charge is -2.14. The first-order valence-corrected chi connectivity index (χ1v) is 5.98. The Morgan fingerprint density at radius 3 is 2.64 bits per heavy atom. The summed E-state index contributed by atoms with van der Waals surface area (Å²) in [5.74, 6) is 0.771. The summed E-state index contributed by atoms with van der Waals surface area (Å²) in [5, 5.41) is 3.46. The minimum Gasteiger partial charge on any atom is -0.301 e. The predicted octanol–water partition coefficient (Wildman–Crippen LogP) is 3.78. The van der Waals surface area contributed by atoms with Crippen molar-refractivity contribution < 1.29 is 0 Å². The molecule has 0 radical (unpaired) electrons. The van der Waals surface area contributed by atoms with Crippen molar-refractivity contribution in [2.75, 3.05) is 0 Å². The van der Waals surface area contributed by atoms with E-state index in [-0.39, 0.29) is 0 Å². The van der Waals surface area contributed by atoms with Crippen LogP contribution in [0.1, 0.15) is 57.2 Å². The summed E-state index contributed by atoms with van der Waals surface area (Å²) < 4.78 is 3.14. The summed E-state index contributed by atoms with van der Waals surface area (Å²) in [6, 6.07) is 2.70. The van der Waals surface area contributed by atoms with Gasteiger partial charge in [-0.05, 0) is 31.7 Å². The molecule has 1 fully saturated rings. The first-order chi connectivity index (χ1) is 6.76. The van der Waals surface area contributed by atoms with Crippen LogP contribution in [0.25, 0.3) is 0 Å². The molecule has 1 aromatic heterocycles. The van der Waals surface area contributed by atoms with Crippen molar-refractivity contribution >= 4 is 12.2 Å². The van der Waals surface area contributed by atoms with E-state index in [1.807, 2.05) is 0 Å². The minimum atomic E-state index is 0.551. The Morgan fingerprint density at radius 1 is 1.50 bits per heavy atom. The second-order valence-corrected chi connectivity index (χ2v) is 4.58. The van der Waals surface area contributed by atoms with E-state index in [4.69, 9.17) is 12.2 Å². The molecule has 1 aromatic rings. The van der Waals surface area contributed by atoms with Crippen LogP contribution in [0.15, 0.2) is 6.07 Å². The number of H-pyrrole nitrogens is 1. The number of hydrogen-bond donors (Lipinski definition) is 1. The molecule has 3 heteroatoms. The molecule has 0 aromatic carbocycles. The third-order valence-electron chi connectivity index (χ3n) is 3.09. The highest BCUT2D eigenvalue weighted by molar-refractivity contribution is 7.71. The Labute approximate surface area is 90.3 Å². The van der Waals surface area contributed by atoms with Crippen LogP contribution in [-0.2, 0) is 0 Å². The summed E-state index contributed by atoms with van der Waals surface area (Å²) in [5.41, 5.74) is 1.35. The zero-order chi connectivity index (χ0) is 10.1. The molecule has 78 valence electrons. The molecule has 1 N–H and O–H groups in total. The standard InChI is InChI=1S/C11H18N2S/c1-3-9(4-2)13-11(14)7-10(12-13)8-5-6-8/h7-9,12H,3-6H2,1-2H3. The van der Waals surface area contributed by atoms with Crippen LogP contribution >= 0.6 is 12.2 Å². The Kier molecular flexibility index (Phi) is 2.77. The molecule has 2 rings (SSSR count). The van der Waals surface area contributed by atoms with Gasteiger partial charge in [0.25, 0.3) is 0 Å². The maximum absolute atomic E-state index is 5.36. The van der Waals surface area contributed by atoms with E-state index in [1.54, 1.807) is 0 Å². The normalized spacial score (nSPS) is 16.5. The van der Waals surface area contributed by atoms with Gasteiger partial charge in [-0.25, -0.2) is 0 Å². The number of rotatable bonds is 4. The van der Waals surface area contributed by atoms with Crippen molar-refractivity contribution in [2.45, 2.75) is 51.5 Å². The van der Waals surface area contributed by atoms with Gasteiger partial charge in [0.1, 0.15) is 4.64 Å². The molecule has 14 heavy (non-hydrogen) atoms. The van der Waals surface area contributed by atoms with E-state index in [0.29, 0.717) is 6.04 Å². The third kappa shape index (κ3) is 1.78. The van der Waals surface area contributed by atoms with E-state index in [1.165, 1.54) is 18.5 Å². The Bertz CT molecular complexity index is 356. The zero-order valence-corrected chi connectivity index (χ0v) is 9.73. The molecule has 2 nitrogen and oxygen atoms in total. The molecule has 0 atom stereocenters. The van der Waals surface area contributed by atoms with E-state index in [0.717, 1.165) is 23.4 Å². The lowest BCUT2D eigenvalue weighted by molar-refractivity contribution is 0.421. The molecule has 1 aliphatic rings. The summed E-state index contributed by atoms with van der Waals surface area (Å²) in [4.78, 5) is 0. The van der Waals surface area contributed by atoms with Gasteiger partial charge < -0.3 is 5.10 Å². The van der Waals surface area contributed by atoms with Crippen LogP contribution < -0.4 is 0 Å². The average molecular weight is 210 g/mol. The van der Waals surface area contributed by atoms with Crippen molar-refractivity contribution in [2.24, 2.45) is 0 Å². The van der Waals surface area contributed by atoms with Gasteiger partial charge >= 0.3 is 0 Å². The highest BCUT2D eigenvalue weighted by Gasteiger charge is 2.25. The Hall–Kier alpha value is -0.570. The van der Waals surface area contributed by atoms with Crippen molar-refractivity contribution in [1.82, 2.24) is 9.78 Å². The number of aromatic nitrogens is 2. The molecule has 0 spiro atoms. The van der Waals surface area contributed by atoms with Gasteiger partial charge in [0.2, 0.25) is 0 Å². The lowest BCUT2D eigenvalue weighted by Crippen LogP contribution is -2.08. The molecule has 0 saturated heterocycles. The molecule has 0 unspecified atom stereocenters. The van der Waals surface area contributed by atoms with Gasteiger partial charge in [-0.15, -0.1) is 0 Å². The largest absolute Gasteiger partial charge is 0.301 e. The SMILES string of the molecule is CCC(CC)n1[nH]c(C2CC2)cc1=S. The summed E-state index contributed by atoms with van der Waals surface area (Å²) in [6.07, 6.45) is 4.96. The highest BCUT2D eigenvalue weighted by Crippen LogP contribution is 2.39. The monoisotopic (exact) mass is 210 g/mol. The number of aromatic amines is 1. The quantitative estimate of drug-likeness (QED) is 0.750. The van der Waals surface area contributed by atoms with Gasteiger partial charge in [0, 0.05) is 11.6 Å². The van der Waals surface area contributed by atoms with Gasteiger partial charge in [-0.1, -0.05) is 26.1 Å². The van der Waals surface area contributed by atoms with Gasteiger partial charge in [0.05, 0.1) is 6.04 Å². The molecule has 1 aliphatic carbocycles. The van der Waals surface area contributed by atoms with Crippen LogP contribution in [0.4, 0.5) is 0 Å². The van der Waals surface area contributed by atoms with Gasteiger partial charge in [-0.2, -0.15) is 0 Å². The van der Waals surface area contributed by atoms with Crippen molar-refractivity contribution in [3.8, 4) is 0 Å². The average Bonchev–Trinajstić information content (AvgIpc) is 2.95. The first kappa shape index (κ1) is 9.97. The van der Waals surface area contributed by atoms with E-state index < -0.39 is 0 Å². The number of hydrogen-bond acceptors (Lipinski definition) is 1. The highest BCUT2D eigenvalue weighted by atomic mass is 32.1. The Morgan fingerprint density at radius 2 is 2.14 bits per heavy atom. The predicted molar refractivity (Wildman–Crippen MR) is 61.2 cm³/mol. The molecule has 0 aliphatic heterocycles. The Balaban J connectivity index is 2.27. The maximum atomic E-state index is 5.36. The summed E-state index contributed by atoms with van der Waals surface area (Å²) in [7, 11) is 0. The fraction of sp³-hybridized carbons (Fsp3) is 0.727. The maximum Gasteiger partial charge on any atom is 0.122 e. The van der Waals surface area contributed by atoms with E-state index >= 15 is 0 Å². The van der Waals surface area contributed by atoms with E-state index in [2.05, 4.69) is 29.7 Å². The van der Waals surface area contributed by atoms with Crippen molar-refractivity contribution in [3.63, 3.8) is 0 Å². The minimum absolute atomic E-state index is 0.551. The molecule has 1 saturated carbocycles. The lowest BCUT2D eigenvalue weighted by atomic mass is 10.2. The molecule has 0 bridgehead atoms. The third-order valence-corrected chi connectivity index (χ3v) is 3.41.